The molecule has 20 heavy (non-hydrogen) atoms. The molecule has 0 aromatic heterocycles. The molecule has 0 saturated carbocycles. The summed E-state index contributed by atoms with van der Waals surface area (Å²) in [6.45, 7) is 3.61. The summed E-state index contributed by atoms with van der Waals surface area (Å²) in [6, 6.07) is 12.4. The molecule has 110 valence electrons. The number of nitrogens with zero attached hydrogens (tertiary/aromatic N) is 1. The van der Waals surface area contributed by atoms with Gasteiger partial charge in [0.2, 0.25) is 0 Å². The van der Waals surface area contributed by atoms with E-state index in [-0.39, 0.29) is 0 Å². The lowest BCUT2D eigenvalue weighted by Crippen LogP contribution is -2.46. The van der Waals surface area contributed by atoms with Gasteiger partial charge in [-0.05, 0) is 55.8 Å². The van der Waals surface area contributed by atoms with E-state index in [0.29, 0.717) is 0 Å². The first-order valence-corrected chi connectivity index (χ1v) is 9.16. The smallest absolute Gasteiger partial charge is 0.0233 e. The molecule has 0 atom stereocenters. The lowest BCUT2D eigenvalue weighted by atomic mass is 10.0. The van der Waals surface area contributed by atoms with Crippen molar-refractivity contribution in [2.24, 2.45) is 0 Å². The molecule has 0 unspecified atom stereocenters. The first kappa shape index (κ1) is 14.4. The van der Waals surface area contributed by atoms with Crippen molar-refractivity contribution >= 4 is 11.8 Å². The number of nitrogens with one attached hydrogen (secondary N) is 1. The molecular formula is C17H26N2S. The van der Waals surface area contributed by atoms with Gasteiger partial charge in [-0.2, -0.15) is 11.8 Å². The van der Waals surface area contributed by atoms with Crippen LogP contribution in [0.15, 0.2) is 30.3 Å². The fourth-order valence-electron chi connectivity index (χ4n) is 3.30. The molecule has 3 rings (SSSR count). The Labute approximate surface area is 127 Å². The van der Waals surface area contributed by atoms with Crippen LogP contribution in [-0.2, 0) is 6.54 Å². The van der Waals surface area contributed by atoms with Crippen LogP contribution in [0.25, 0.3) is 0 Å². The fourth-order valence-corrected chi connectivity index (χ4v) is 4.40. The van der Waals surface area contributed by atoms with E-state index in [9.17, 15) is 0 Å². The Kier molecular flexibility index (Phi) is 5.40. The van der Waals surface area contributed by atoms with Crippen molar-refractivity contribution in [1.82, 2.24) is 10.2 Å². The Balaban J connectivity index is 1.40. The van der Waals surface area contributed by atoms with E-state index in [1.807, 2.05) is 0 Å². The van der Waals surface area contributed by atoms with Gasteiger partial charge in [-0.3, -0.25) is 4.90 Å². The normalized spacial score (nSPS) is 23.0. The predicted octanol–water partition coefficient (Wildman–Crippen LogP) is 3.14. The van der Waals surface area contributed by atoms with Crippen LogP contribution in [0.4, 0.5) is 0 Å². The van der Waals surface area contributed by atoms with E-state index >= 15 is 0 Å². The number of hydrogen-bond donors (Lipinski definition) is 1. The van der Waals surface area contributed by atoms with Crippen molar-refractivity contribution in [2.45, 2.75) is 44.3 Å². The number of piperidine rings is 1. The highest BCUT2D eigenvalue weighted by molar-refractivity contribution is 7.99. The maximum absolute atomic E-state index is 3.90. The molecular weight excluding hydrogens is 264 g/mol. The summed E-state index contributed by atoms with van der Waals surface area (Å²) in [5, 5.41) is 3.90. The largest absolute Gasteiger partial charge is 0.311 e. The van der Waals surface area contributed by atoms with Gasteiger partial charge in [-0.15, -0.1) is 0 Å². The zero-order chi connectivity index (χ0) is 13.6. The number of hydrogen-bond acceptors (Lipinski definition) is 3. The summed E-state index contributed by atoms with van der Waals surface area (Å²) in [5.41, 5.74) is 1.45. The van der Waals surface area contributed by atoms with Gasteiger partial charge in [0.15, 0.2) is 0 Å². The molecule has 2 nitrogen and oxygen atoms in total. The molecule has 0 spiro atoms. The van der Waals surface area contributed by atoms with Gasteiger partial charge in [0.05, 0.1) is 0 Å². The summed E-state index contributed by atoms with van der Waals surface area (Å²) in [5.74, 6) is 2.70. The van der Waals surface area contributed by atoms with E-state index in [2.05, 4.69) is 52.3 Å². The first-order chi connectivity index (χ1) is 9.90. The fraction of sp³-hybridized carbons (Fsp3) is 0.647. The van der Waals surface area contributed by atoms with Gasteiger partial charge in [-0.25, -0.2) is 0 Å². The Morgan fingerprint density at radius 3 is 2.30 bits per heavy atom. The van der Waals surface area contributed by atoms with Crippen molar-refractivity contribution in [3.63, 3.8) is 0 Å². The summed E-state index contributed by atoms with van der Waals surface area (Å²) < 4.78 is 0. The summed E-state index contributed by atoms with van der Waals surface area (Å²) in [7, 11) is 0. The molecule has 2 aliphatic heterocycles. The van der Waals surface area contributed by atoms with Gasteiger partial charge in [0.25, 0.3) is 0 Å². The highest BCUT2D eigenvalue weighted by atomic mass is 32.2. The van der Waals surface area contributed by atoms with E-state index in [4.69, 9.17) is 0 Å². The molecule has 2 saturated heterocycles. The summed E-state index contributed by atoms with van der Waals surface area (Å²) >= 11 is 2.11. The zero-order valence-corrected chi connectivity index (χ0v) is 13.1. The molecule has 2 fully saturated rings. The second-order valence-corrected chi connectivity index (χ2v) is 7.31. The van der Waals surface area contributed by atoms with Crippen LogP contribution in [0.5, 0.6) is 0 Å². The molecule has 0 bridgehead atoms. The van der Waals surface area contributed by atoms with Crippen LogP contribution in [0.1, 0.15) is 31.2 Å². The highest BCUT2D eigenvalue weighted by Gasteiger charge is 2.22. The van der Waals surface area contributed by atoms with Gasteiger partial charge < -0.3 is 5.32 Å². The van der Waals surface area contributed by atoms with Crippen molar-refractivity contribution < 1.29 is 0 Å². The number of benzene rings is 1. The maximum atomic E-state index is 3.90. The maximum Gasteiger partial charge on any atom is 0.0233 e. The number of likely N-dealkylation sites (tertiary alicyclic amines) is 1. The van der Waals surface area contributed by atoms with Crippen molar-refractivity contribution in [3.8, 4) is 0 Å². The number of rotatable bonds is 4. The summed E-state index contributed by atoms with van der Waals surface area (Å²) in [4.78, 5) is 2.60. The molecule has 3 heteroatoms. The van der Waals surface area contributed by atoms with Gasteiger partial charge >= 0.3 is 0 Å². The van der Waals surface area contributed by atoms with Crippen LogP contribution >= 0.6 is 11.8 Å². The van der Waals surface area contributed by atoms with Crippen LogP contribution in [0, 0.1) is 0 Å². The van der Waals surface area contributed by atoms with Crippen LogP contribution in [-0.4, -0.2) is 41.6 Å². The van der Waals surface area contributed by atoms with Crippen molar-refractivity contribution in [3.05, 3.63) is 35.9 Å². The molecule has 0 aliphatic carbocycles. The van der Waals surface area contributed by atoms with Gasteiger partial charge in [0, 0.05) is 18.6 Å². The molecule has 2 aliphatic rings. The predicted molar refractivity (Wildman–Crippen MR) is 88.2 cm³/mol. The molecule has 0 amide bonds. The molecule has 0 radical (unpaired) electrons. The molecule has 1 N–H and O–H groups in total. The van der Waals surface area contributed by atoms with Crippen LogP contribution in [0.2, 0.25) is 0 Å². The molecule has 1 aromatic carbocycles. The third kappa shape index (κ3) is 4.24. The van der Waals surface area contributed by atoms with E-state index in [1.165, 1.54) is 55.8 Å². The van der Waals surface area contributed by atoms with E-state index in [1.54, 1.807) is 0 Å². The monoisotopic (exact) mass is 290 g/mol. The zero-order valence-electron chi connectivity index (χ0n) is 12.3. The minimum atomic E-state index is 0.759. The van der Waals surface area contributed by atoms with E-state index < -0.39 is 0 Å². The Bertz CT molecular complexity index is 381. The molecule has 2 heterocycles. The topological polar surface area (TPSA) is 15.3 Å². The second kappa shape index (κ2) is 7.48. The summed E-state index contributed by atoms with van der Waals surface area (Å²) in [6.07, 6.45) is 5.37. The van der Waals surface area contributed by atoms with Crippen molar-refractivity contribution in [1.29, 1.82) is 0 Å². The average molecular weight is 290 g/mol. The van der Waals surface area contributed by atoms with Crippen LogP contribution < -0.4 is 5.32 Å². The van der Waals surface area contributed by atoms with Crippen LogP contribution in [0.3, 0.4) is 0 Å². The minimum Gasteiger partial charge on any atom is -0.311 e. The highest BCUT2D eigenvalue weighted by Crippen LogP contribution is 2.20. The lowest BCUT2D eigenvalue weighted by Gasteiger charge is -2.35. The minimum absolute atomic E-state index is 0.759. The lowest BCUT2D eigenvalue weighted by molar-refractivity contribution is 0.182. The van der Waals surface area contributed by atoms with Gasteiger partial charge in [0.1, 0.15) is 0 Å². The Hall–Kier alpha value is -0.510. The van der Waals surface area contributed by atoms with Crippen molar-refractivity contribution in [2.75, 3.05) is 24.6 Å². The van der Waals surface area contributed by atoms with Gasteiger partial charge in [-0.1, -0.05) is 30.3 Å². The Morgan fingerprint density at radius 1 is 0.950 bits per heavy atom. The number of thioether (sulfide) groups is 1. The standard InChI is InChI=1S/C17H26N2S/c1-2-4-15(5-3-1)14-19-10-6-16(7-11-19)18-17-8-12-20-13-9-17/h1-5,16-18H,6-14H2. The quantitative estimate of drug-likeness (QED) is 0.917. The third-order valence-corrected chi connectivity index (χ3v) is 5.58. The SMILES string of the molecule is c1ccc(CN2CCC(NC3CCSCC3)CC2)cc1. The average Bonchev–Trinajstić information content (AvgIpc) is 2.51. The second-order valence-electron chi connectivity index (χ2n) is 6.09. The third-order valence-electron chi connectivity index (χ3n) is 4.53. The Morgan fingerprint density at radius 2 is 1.60 bits per heavy atom. The first-order valence-electron chi connectivity index (χ1n) is 8.00. The molecule has 1 aromatic rings. The van der Waals surface area contributed by atoms with E-state index in [0.717, 1.165) is 18.6 Å².